The van der Waals surface area contributed by atoms with E-state index in [0.717, 1.165) is 33.9 Å². The van der Waals surface area contributed by atoms with E-state index in [4.69, 9.17) is 0 Å². The van der Waals surface area contributed by atoms with Crippen LogP contribution in [0.15, 0.2) is 10.4 Å². The van der Waals surface area contributed by atoms with E-state index >= 15 is 0 Å². The molecule has 2 aromatic rings. The van der Waals surface area contributed by atoms with Gasteiger partial charge in [-0.3, -0.25) is 4.99 Å². The van der Waals surface area contributed by atoms with Gasteiger partial charge in [0.05, 0.1) is 23.8 Å². The van der Waals surface area contributed by atoms with Crippen LogP contribution in [0.3, 0.4) is 0 Å². The number of aliphatic imine (C=N–C) groups is 1. The predicted octanol–water partition coefficient (Wildman–Crippen LogP) is 3.01. The lowest BCUT2D eigenvalue weighted by Gasteiger charge is -2.10. The molecule has 21 heavy (non-hydrogen) atoms. The summed E-state index contributed by atoms with van der Waals surface area (Å²) in [6.45, 7) is 7.50. The van der Waals surface area contributed by atoms with Gasteiger partial charge in [-0.25, -0.2) is 9.97 Å². The van der Waals surface area contributed by atoms with Crippen molar-refractivity contribution in [2.75, 3.05) is 7.05 Å². The maximum atomic E-state index is 4.42. The molecule has 0 aromatic carbocycles. The molecular weight excluding hydrogens is 417 g/mol. The van der Waals surface area contributed by atoms with Gasteiger partial charge in [-0.05, 0) is 20.8 Å². The van der Waals surface area contributed by atoms with Crippen LogP contribution in [0.4, 0.5) is 0 Å². The van der Waals surface area contributed by atoms with Crippen molar-refractivity contribution in [3.63, 3.8) is 0 Å². The van der Waals surface area contributed by atoms with Crippen molar-refractivity contribution in [3.8, 4) is 0 Å². The summed E-state index contributed by atoms with van der Waals surface area (Å²) in [7, 11) is 1.77. The van der Waals surface area contributed by atoms with Crippen LogP contribution in [-0.4, -0.2) is 23.0 Å². The molecule has 0 fully saturated rings. The summed E-state index contributed by atoms with van der Waals surface area (Å²) in [5, 5.41) is 10.8. The summed E-state index contributed by atoms with van der Waals surface area (Å²) in [6.07, 6.45) is 0. The van der Waals surface area contributed by atoms with Gasteiger partial charge >= 0.3 is 0 Å². The third-order valence-corrected chi connectivity index (χ3v) is 4.75. The maximum absolute atomic E-state index is 4.42. The molecule has 0 aliphatic carbocycles. The Morgan fingerprint density at radius 2 is 1.90 bits per heavy atom. The van der Waals surface area contributed by atoms with E-state index < -0.39 is 0 Å². The van der Waals surface area contributed by atoms with Crippen molar-refractivity contribution >= 4 is 52.6 Å². The number of nitrogens with zero attached hydrogens (tertiary/aromatic N) is 3. The zero-order valence-corrected chi connectivity index (χ0v) is 16.5. The van der Waals surface area contributed by atoms with E-state index in [9.17, 15) is 0 Å². The first-order valence-corrected chi connectivity index (χ1v) is 8.06. The topological polar surface area (TPSA) is 62.2 Å². The predicted molar refractivity (Wildman–Crippen MR) is 101 cm³/mol. The number of guanidine groups is 1. The lowest BCUT2D eigenvalue weighted by Crippen LogP contribution is -2.36. The van der Waals surface area contributed by atoms with Gasteiger partial charge in [0.1, 0.15) is 5.01 Å². The Labute approximate surface area is 150 Å². The van der Waals surface area contributed by atoms with E-state index in [1.165, 1.54) is 4.88 Å². The van der Waals surface area contributed by atoms with E-state index in [2.05, 4.69) is 31.0 Å². The Hall–Kier alpha value is -0.740. The molecule has 8 heteroatoms. The fourth-order valence-corrected chi connectivity index (χ4v) is 3.35. The van der Waals surface area contributed by atoms with Gasteiger partial charge in [0.25, 0.3) is 0 Å². The van der Waals surface area contributed by atoms with Crippen molar-refractivity contribution in [2.24, 2.45) is 4.99 Å². The molecule has 0 aliphatic heterocycles. The monoisotopic (exact) mass is 437 g/mol. The average Bonchev–Trinajstić information content (AvgIpc) is 2.96. The first kappa shape index (κ1) is 18.3. The summed E-state index contributed by atoms with van der Waals surface area (Å²) in [5.74, 6) is 0.781. The number of aryl methyl sites for hydroxylation is 3. The van der Waals surface area contributed by atoms with Crippen LogP contribution in [0, 0.1) is 20.8 Å². The van der Waals surface area contributed by atoms with E-state index in [1.54, 1.807) is 29.7 Å². The maximum Gasteiger partial charge on any atom is 0.191 e. The largest absolute Gasteiger partial charge is 0.351 e. The SMILES string of the molecule is CN=C(NCc1nc(C)cs1)NCc1sc(C)nc1C.I. The molecule has 2 heterocycles. The summed E-state index contributed by atoms with van der Waals surface area (Å²) < 4.78 is 0. The molecule has 0 spiro atoms. The molecule has 0 atom stereocenters. The Balaban J connectivity index is 0.00000220. The minimum Gasteiger partial charge on any atom is -0.351 e. The van der Waals surface area contributed by atoms with Crippen molar-refractivity contribution in [1.82, 2.24) is 20.6 Å². The molecule has 2 rings (SSSR count). The number of thiazole rings is 2. The molecule has 0 unspecified atom stereocenters. The van der Waals surface area contributed by atoms with E-state index in [0.29, 0.717) is 6.54 Å². The van der Waals surface area contributed by atoms with Crippen molar-refractivity contribution in [3.05, 3.63) is 31.7 Å². The second kappa shape index (κ2) is 8.64. The summed E-state index contributed by atoms with van der Waals surface area (Å²) in [5.41, 5.74) is 2.15. The van der Waals surface area contributed by atoms with E-state index in [-0.39, 0.29) is 24.0 Å². The number of rotatable bonds is 4. The normalized spacial score (nSPS) is 11.1. The summed E-state index contributed by atoms with van der Waals surface area (Å²) in [4.78, 5) is 14.3. The van der Waals surface area contributed by atoms with Gasteiger partial charge in [0.2, 0.25) is 0 Å². The van der Waals surface area contributed by atoms with Crippen LogP contribution in [0.2, 0.25) is 0 Å². The quantitative estimate of drug-likeness (QED) is 0.439. The standard InChI is InChI=1S/C13H19N5S2.HI/c1-8-7-19-12(17-8)6-16-13(14-4)15-5-11-9(2)18-10(3)20-11;/h7H,5-6H2,1-4H3,(H2,14,15,16);1H. The van der Waals surface area contributed by atoms with Gasteiger partial charge < -0.3 is 10.6 Å². The molecule has 2 N–H and O–H groups in total. The minimum absolute atomic E-state index is 0. The third-order valence-electron chi connectivity index (χ3n) is 2.71. The Morgan fingerprint density at radius 1 is 1.19 bits per heavy atom. The third kappa shape index (κ3) is 5.51. The number of nitrogens with one attached hydrogen (secondary N) is 2. The van der Waals surface area contributed by atoms with Gasteiger partial charge in [-0.1, -0.05) is 0 Å². The number of hydrogen-bond acceptors (Lipinski definition) is 5. The zero-order chi connectivity index (χ0) is 14.5. The lowest BCUT2D eigenvalue weighted by atomic mass is 10.4. The highest BCUT2D eigenvalue weighted by atomic mass is 127. The van der Waals surface area contributed by atoms with Crippen molar-refractivity contribution in [1.29, 1.82) is 0 Å². The molecule has 0 saturated carbocycles. The zero-order valence-electron chi connectivity index (χ0n) is 12.6. The molecule has 0 aliphatic rings. The van der Waals surface area contributed by atoms with Gasteiger partial charge in [0.15, 0.2) is 5.96 Å². The molecule has 0 amide bonds. The molecule has 2 aromatic heterocycles. The number of halogens is 1. The molecule has 0 radical (unpaired) electrons. The second-order valence-electron chi connectivity index (χ2n) is 4.40. The molecule has 0 saturated heterocycles. The van der Waals surface area contributed by atoms with Gasteiger partial charge in [-0.2, -0.15) is 0 Å². The van der Waals surface area contributed by atoms with Gasteiger partial charge in [0, 0.05) is 23.0 Å². The fraction of sp³-hybridized carbons (Fsp3) is 0.462. The number of aromatic nitrogens is 2. The summed E-state index contributed by atoms with van der Waals surface area (Å²) in [6, 6.07) is 0. The van der Waals surface area contributed by atoms with Crippen LogP contribution < -0.4 is 10.6 Å². The van der Waals surface area contributed by atoms with Crippen LogP contribution in [0.25, 0.3) is 0 Å². The average molecular weight is 437 g/mol. The first-order valence-electron chi connectivity index (χ1n) is 6.37. The molecule has 5 nitrogen and oxygen atoms in total. The van der Waals surface area contributed by atoms with Crippen LogP contribution in [0.5, 0.6) is 0 Å². The fourth-order valence-electron chi connectivity index (χ4n) is 1.77. The highest BCUT2D eigenvalue weighted by Crippen LogP contribution is 2.16. The first-order chi connectivity index (χ1) is 9.58. The smallest absolute Gasteiger partial charge is 0.191 e. The van der Waals surface area contributed by atoms with Crippen LogP contribution >= 0.6 is 46.7 Å². The van der Waals surface area contributed by atoms with Crippen molar-refractivity contribution < 1.29 is 0 Å². The molecule has 0 bridgehead atoms. The Morgan fingerprint density at radius 3 is 2.43 bits per heavy atom. The molecule has 116 valence electrons. The minimum atomic E-state index is 0. The highest BCUT2D eigenvalue weighted by molar-refractivity contribution is 14.0. The van der Waals surface area contributed by atoms with Gasteiger partial charge in [-0.15, -0.1) is 46.7 Å². The highest BCUT2D eigenvalue weighted by Gasteiger charge is 2.06. The lowest BCUT2D eigenvalue weighted by molar-refractivity contribution is 0.806. The molecular formula is C13H20IN5S2. The van der Waals surface area contributed by atoms with Crippen LogP contribution in [0.1, 0.15) is 26.3 Å². The summed E-state index contributed by atoms with van der Waals surface area (Å²) >= 11 is 3.38. The number of hydrogen-bond donors (Lipinski definition) is 2. The van der Waals surface area contributed by atoms with Crippen molar-refractivity contribution in [2.45, 2.75) is 33.9 Å². The Bertz CT molecular complexity index is 605. The van der Waals surface area contributed by atoms with E-state index in [1.807, 2.05) is 20.8 Å². The Kier molecular flexibility index (Phi) is 7.53. The second-order valence-corrected chi connectivity index (χ2v) is 6.63. The van der Waals surface area contributed by atoms with Crippen LogP contribution in [-0.2, 0) is 13.1 Å².